The fraction of sp³-hybridized carbons (Fsp3) is 0.462. The zero-order valence-electron chi connectivity index (χ0n) is 11.1. The molecule has 1 aromatic rings. The van der Waals surface area contributed by atoms with Gasteiger partial charge in [0.1, 0.15) is 0 Å². The van der Waals surface area contributed by atoms with E-state index < -0.39 is 10.9 Å². The zero-order valence-corrected chi connectivity index (χ0v) is 11.1. The number of carboxylic acids is 1. The van der Waals surface area contributed by atoms with E-state index in [0.29, 0.717) is 31.3 Å². The second kappa shape index (κ2) is 5.87. The molecule has 2 rings (SSSR count). The maximum atomic E-state index is 11.2. The highest BCUT2D eigenvalue weighted by Gasteiger charge is 2.27. The maximum absolute atomic E-state index is 11.2. The van der Waals surface area contributed by atoms with Crippen molar-refractivity contribution in [3.8, 4) is 0 Å². The number of non-ortho nitro benzene ring substituents is 1. The fourth-order valence-corrected chi connectivity index (χ4v) is 2.50. The van der Waals surface area contributed by atoms with Crippen molar-refractivity contribution in [2.45, 2.75) is 6.42 Å². The topological polar surface area (TPSA) is 92.9 Å². The van der Waals surface area contributed by atoms with Gasteiger partial charge in [0.15, 0.2) is 0 Å². The summed E-state index contributed by atoms with van der Waals surface area (Å²) in [5.41, 5.74) is 0.402. The van der Waals surface area contributed by atoms with E-state index in [1.54, 1.807) is 7.11 Å². The van der Waals surface area contributed by atoms with Crippen molar-refractivity contribution < 1.29 is 19.6 Å². The van der Waals surface area contributed by atoms with Gasteiger partial charge in [-0.1, -0.05) is 0 Å². The molecular formula is C13H16N2O5. The highest BCUT2D eigenvalue weighted by Crippen LogP contribution is 2.30. The molecule has 0 bridgehead atoms. The van der Waals surface area contributed by atoms with Gasteiger partial charge < -0.3 is 14.7 Å². The second-order valence-corrected chi connectivity index (χ2v) is 4.82. The normalized spacial score (nSPS) is 18.2. The van der Waals surface area contributed by atoms with Crippen LogP contribution in [-0.2, 0) is 4.74 Å². The van der Waals surface area contributed by atoms with Crippen LogP contribution in [0.15, 0.2) is 18.2 Å². The molecule has 7 heteroatoms. The smallest absolute Gasteiger partial charge is 0.337 e. The lowest BCUT2D eigenvalue weighted by Gasteiger charge is -2.20. The van der Waals surface area contributed by atoms with Crippen molar-refractivity contribution in [3.05, 3.63) is 33.9 Å². The summed E-state index contributed by atoms with van der Waals surface area (Å²) in [6, 6.07) is 3.84. The number of nitrogens with zero attached hydrogens (tertiary/aromatic N) is 2. The van der Waals surface area contributed by atoms with Crippen LogP contribution in [0.4, 0.5) is 11.4 Å². The molecule has 1 atom stereocenters. The number of benzene rings is 1. The molecule has 1 aromatic carbocycles. The van der Waals surface area contributed by atoms with E-state index in [1.165, 1.54) is 18.2 Å². The van der Waals surface area contributed by atoms with Gasteiger partial charge in [0.2, 0.25) is 0 Å². The number of nitro groups is 1. The minimum absolute atomic E-state index is 0.0914. The molecule has 0 radical (unpaired) electrons. The van der Waals surface area contributed by atoms with Crippen LogP contribution in [0.2, 0.25) is 0 Å². The molecule has 0 aliphatic carbocycles. The third-order valence-electron chi connectivity index (χ3n) is 3.45. The van der Waals surface area contributed by atoms with Gasteiger partial charge in [-0.2, -0.15) is 0 Å². The van der Waals surface area contributed by atoms with Gasteiger partial charge in [-0.3, -0.25) is 10.1 Å². The predicted molar refractivity (Wildman–Crippen MR) is 72.3 cm³/mol. The summed E-state index contributed by atoms with van der Waals surface area (Å²) in [6.45, 7) is 1.93. The van der Waals surface area contributed by atoms with E-state index in [0.717, 1.165) is 6.42 Å². The molecule has 0 amide bonds. The Labute approximate surface area is 115 Å². The van der Waals surface area contributed by atoms with Crippen LogP contribution in [0.25, 0.3) is 0 Å². The fourth-order valence-electron chi connectivity index (χ4n) is 2.50. The SMILES string of the molecule is COCC1CCN(c2cc([N+](=O)[O-])ccc2C(=O)O)C1. The number of ether oxygens (including phenoxy) is 1. The minimum atomic E-state index is -1.08. The monoisotopic (exact) mass is 280 g/mol. The van der Waals surface area contributed by atoms with Crippen LogP contribution in [0.5, 0.6) is 0 Å². The van der Waals surface area contributed by atoms with Gasteiger partial charge in [0, 0.05) is 38.2 Å². The van der Waals surface area contributed by atoms with Crippen molar-refractivity contribution >= 4 is 17.3 Å². The lowest BCUT2D eigenvalue weighted by atomic mass is 10.1. The van der Waals surface area contributed by atoms with E-state index in [4.69, 9.17) is 4.74 Å². The van der Waals surface area contributed by atoms with Crippen molar-refractivity contribution in [1.29, 1.82) is 0 Å². The Morgan fingerprint density at radius 3 is 2.95 bits per heavy atom. The van der Waals surface area contributed by atoms with Crippen molar-refractivity contribution in [2.24, 2.45) is 5.92 Å². The summed E-state index contributed by atoms with van der Waals surface area (Å²) in [7, 11) is 1.62. The van der Waals surface area contributed by atoms with E-state index in [-0.39, 0.29) is 11.3 Å². The van der Waals surface area contributed by atoms with Crippen LogP contribution >= 0.6 is 0 Å². The number of hydrogen-bond acceptors (Lipinski definition) is 5. The first-order valence-corrected chi connectivity index (χ1v) is 6.28. The Hall–Kier alpha value is -2.15. The number of carbonyl (C=O) groups is 1. The molecule has 1 aliphatic heterocycles. The van der Waals surface area contributed by atoms with Crippen molar-refractivity contribution in [3.63, 3.8) is 0 Å². The molecule has 1 N–H and O–H groups in total. The minimum Gasteiger partial charge on any atom is -0.478 e. The van der Waals surface area contributed by atoms with Crippen molar-refractivity contribution in [1.82, 2.24) is 0 Å². The molecule has 108 valence electrons. The summed E-state index contributed by atoms with van der Waals surface area (Å²) in [5.74, 6) is -0.758. The molecule has 1 saturated heterocycles. The lowest BCUT2D eigenvalue weighted by Crippen LogP contribution is -2.23. The first-order chi connectivity index (χ1) is 9.52. The number of anilines is 1. The molecule has 0 spiro atoms. The Morgan fingerprint density at radius 1 is 1.60 bits per heavy atom. The largest absolute Gasteiger partial charge is 0.478 e. The lowest BCUT2D eigenvalue weighted by molar-refractivity contribution is -0.384. The number of rotatable bonds is 5. The molecule has 1 unspecified atom stereocenters. The van der Waals surface area contributed by atoms with Crippen LogP contribution in [0.1, 0.15) is 16.8 Å². The summed E-state index contributed by atoms with van der Waals surface area (Å²) >= 11 is 0. The van der Waals surface area contributed by atoms with Crippen LogP contribution in [-0.4, -0.2) is 42.8 Å². The molecule has 1 fully saturated rings. The molecule has 1 aliphatic rings. The number of aromatic carboxylic acids is 1. The number of methoxy groups -OCH3 is 1. The molecule has 0 saturated carbocycles. The number of hydrogen-bond donors (Lipinski definition) is 1. The molecule has 20 heavy (non-hydrogen) atoms. The van der Waals surface area contributed by atoms with Gasteiger partial charge >= 0.3 is 5.97 Å². The summed E-state index contributed by atoms with van der Waals surface area (Å²) in [5, 5.41) is 20.0. The molecular weight excluding hydrogens is 264 g/mol. The highest BCUT2D eigenvalue weighted by molar-refractivity contribution is 5.95. The van der Waals surface area contributed by atoms with Gasteiger partial charge in [-0.15, -0.1) is 0 Å². The highest BCUT2D eigenvalue weighted by atomic mass is 16.6. The van der Waals surface area contributed by atoms with Gasteiger partial charge in [-0.05, 0) is 12.5 Å². The molecule has 0 aromatic heterocycles. The first-order valence-electron chi connectivity index (χ1n) is 6.28. The van der Waals surface area contributed by atoms with Crippen LogP contribution in [0.3, 0.4) is 0 Å². The van der Waals surface area contributed by atoms with Gasteiger partial charge in [0.25, 0.3) is 5.69 Å². The summed E-state index contributed by atoms with van der Waals surface area (Å²) < 4.78 is 5.10. The first kappa shape index (κ1) is 14.3. The average Bonchev–Trinajstić information content (AvgIpc) is 2.86. The predicted octanol–water partition coefficient (Wildman–Crippen LogP) is 1.77. The third kappa shape index (κ3) is 2.88. The Morgan fingerprint density at radius 2 is 2.35 bits per heavy atom. The van der Waals surface area contributed by atoms with Crippen LogP contribution < -0.4 is 4.90 Å². The number of nitro benzene ring substituents is 1. The van der Waals surface area contributed by atoms with Crippen LogP contribution in [0, 0.1) is 16.0 Å². The summed E-state index contributed by atoms with van der Waals surface area (Å²) in [6.07, 6.45) is 0.885. The molecule has 1 heterocycles. The van der Waals surface area contributed by atoms with E-state index in [2.05, 4.69) is 0 Å². The number of carboxylic acid groups (broad SMARTS) is 1. The average molecular weight is 280 g/mol. The standard InChI is InChI=1S/C13H16N2O5/c1-20-8-9-4-5-14(7-9)12-6-10(15(18)19)2-3-11(12)13(16)17/h2-3,6,9H,4-5,7-8H2,1H3,(H,16,17). The molecule has 7 nitrogen and oxygen atoms in total. The van der Waals surface area contributed by atoms with Gasteiger partial charge in [0.05, 0.1) is 22.8 Å². The third-order valence-corrected chi connectivity index (χ3v) is 3.45. The zero-order chi connectivity index (χ0) is 14.7. The maximum Gasteiger partial charge on any atom is 0.337 e. The van der Waals surface area contributed by atoms with E-state index >= 15 is 0 Å². The van der Waals surface area contributed by atoms with Gasteiger partial charge in [-0.25, -0.2) is 4.79 Å². The summed E-state index contributed by atoms with van der Waals surface area (Å²) in [4.78, 5) is 23.4. The Bertz CT molecular complexity index is 531. The quantitative estimate of drug-likeness (QED) is 0.652. The second-order valence-electron chi connectivity index (χ2n) is 4.82. The van der Waals surface area contributed by atoms with E-state index in [1.807, 2.05) is 4.90 Å². The van der Waals surface area contributed by atoms with Crippen molar-refractivity contribution in [2.75, 3.05) is 31.7 Å². The Balaban J connectivity index is 2.31. The van der Waals surface area contributed by atoms with E-state index in [9.17, 15) is 20.0 Å². The Kier molecular flexibility index (Phi) is 4.19.